The van der Waals surface area contributed by atoms with Gasteiger partial charge in [0.2, 0.25) is 5.91 Å². The van der Waals surface area contributed by atoms with Crippen LogP contribution in [0.2, 0.25) is 0 Å². The van der Waals surface area contributed by atoms with Gasteiger partial charge in [0.25, 0.3) is 11.8 Å². The molecule has 0 saturated carbocycles. The first-order valence-corrected chi connectivity index (χ1v) is 10.6. The van der Waals surface area contributed by atoms with Crippen LogP contribution in [0.4, 0.5) is 8.78 Å². The van der Waals surface area contributed by atoms with Crippen molar-refractivity contribution in [3.8, 4) is 0 Å². The number of nitrogens with zero attached hydrogens (tertiary/aromatic N) is 3. The molecule has 8 nitrogen and oxygen atoms in total. The number of aromatic nitrogens is 2. The molecular weight excluding hydrogens is 444 g/mol. The SMILES string of the molecule is CN1C(=O)c2cc(C(=O)NCc3ccccc3F)nn2C[C@@]1(C)C(=O)NCc1ccc(F)cc1. The molecular formula is C24H23F2N5O3. The normalized spacial score (nSPS) is 17.3. The van der Waals surface area contributed by atoms with E-state index < -0.39 is 29.1 Å². The Hall–Kier alpha value is -4.08. The molecule has 1 aliphatic heterocycles. The molecule has 0 bridgehead atoms. The van der Waals surface area contributed by atoms with E-state index in [9.17, 15) is 23.2 Å². The third kappa shape index (κ3) is 4.39. The van der Waals surface area contributed by atoms with Gasteiger partial charge < -0.3 is 15.5 Å². The van der Waals surface area contributed by atoms with Gasteiger partial charge in [-0.15, -0.1) is 0 Å². The van der Waals surface area contributed by atoms with Gasteiger partial charge in [-0.05, 0) is 30.7 Å². The highest BCUT2D eigenvalue weighted by molar-refractivity contribution is 6.01. The lowest BCUT2D eigenvalue weighted by atomic mass is 9.96. The van der Waals surface area contributed by atoms with E-state index in [1.165, 1.54) is 40.9 Å². The number of carbonyl (C=O) groups is 3. The number of likely N-dealkylation sites (N-methyl/N-ethyl adjacent to an activating group) is 1. The Bertz CT molecular complexity index is 1260. The maximum atomic E-state index is 13.8. The van der Waals surface area contributed by atoms with E-state index in [1.54, 1.807) is 37.3 Å². The molecule has 4 rings (SSSR count). The van der Waals surface area contributed by atoms with Gasteiger partial charge in [-0.25, -0.2) is 8.78 Å². The molecule has 0 radical (unpaired) electrons. The number of fused-ring (bicyclic) bond motifs is 1. The third-order valence-electron chi connectivity index (χ3n) is 5.99. The van der Waals surface area contributed by atoms with Gasteiger partial charge in [0.15, 0.2) is 5.69 Å². The molecule has 1 aliphatic rings. The lowest BCUT2D eigenvalue weighted by molar-refractivity contribution is -0.132. The first kappa shape index (κ1) is 23.1. The lowest BCUT2D eigenvalue weighted by Crippen LogP contribution is -2.62. The van der Waals surface area contributed by atoms with Crippen LogP contribution in [-0.2, 0) is 24.4 Å². The van der Waals surface area contributed by atoms with Crippen molar-refractivity contribution >= 4 is 17.7 Å². The van der Waals surface area contributed by atoms with Crippen LogP contribution in [0.15, 0.2) is 54.6 Å². The molecule has 0 fully saturated rings. The van der Waals surface area contributed by atoms with E-state index in [0.717, 1.165) is 0 Å². The second kappa shape index (κ2) is 9.05. The predicted octanol–water partition coefficient (Wildman–Crippen LogP) is 2.25. The predicted molar refractivity (Wildman–Crippen MR) is 119 cm³/mol. The summed E-state index contributed by atoms with van der Waals surface area (Å²) >= 11 is 0. The summed E-state index contributed by atoms with van der Waals surface area (Å²) < 4.78 is 28.2. The molecule has 1 atom stereocenters. The topological polar surface area (TPSA) is 96.3 Å². The molecule has 0 spiro atoms. The highest BCUT2D eigenvalue weighted by Gasteiger charge is 2.46. The Morgan fingerprint density at radius 2 is 1.76 bits per heavy atom. The fourth-order valence-electron chi connectivity index (χ4n) is 3.72. The summed E-state index contributed by atoms with van der Waals surface area (Å²) in [5.41, 5.74) is -0.0824. The van der Waals surface area contributed by atoms with Gasteiger partial charge in [0.05, 0.1) is 6.54 Å². The second-order valence-electron chi connectivity index (χ2n) is 8.29. The fraction of sp³-hybridized carbons (Fsp3) is 0.250. The first-order chi connectivity index (χ1) is 16.2. The number of amides is 3. The van der Waals surface area contributed by atoms with Crippen LogP contribution < -0.4 is 10.6 Å². The van der Waals surface area contributed by atoms with E-state index in [0.29, 0.717) is 11.1 Å². The van der Waals surface area contributed by atoms with Crippen molar-refractivity contribution in [1.29, 1.82) is 0 Å². The molecule has 2 N–H and O–H groups in total. The summed E-state index contributed by atoms with van der Waals surface area (Å²) in [5.74, 6) is -2.26. The monoisotopic (exact) mass is 467 g/mol. The number of benzene rings is 2. The number of carbonyl (C=O) groups excluding carboxylic acids is 3. The Morgan fingerprint density at radius 3 is 2.47 bits per heavy atom. The highest BCUT2D eigenvalue weighted by Crippen LogP contribution is 2.26. The van der Waals surface area contributed by atoms with Gasteiger partial charge in [-0.3, -0.25) is 19.1 Å². The number of nitrogens with one attached hydrogen (secondary N) is 2. The summed E-state index contributed by atoms with van der Waals surface area (Å²) in [6, 6.07) is 13.1. The summed E-state index contributed by atoms with van der Waals surface area (Å²) in [6.45, 7) is 1.76. The van der Waals surface area contributed by atoms with Crippen molar-refractivity contribution in [1.82, 2.24) is 25.3 Å². The highest BCUT2D eigenvalue weighted by atomic mass is 19.1. The van der Waals surface area contributed by atoms with Gasteiger partial charge in [0.1, 0.15) is 22.9 Å². The van der Waals surface area contributed by atoms with Crippen LogP contribution in [0.25, 0.3) is 0 Å². The lowest BCUT2D eigenvalue weighted by Gasteiger charge is -2.40. The average molecular weight is 467 g/mol. The molecule has 2 aromatic carbocycles. The van der Waals surface area contributed by atoms with E-state index in [2.05, 4.69) is 15.7 Å². The van der Waals surface area contributed by atoms with E-state index in [4.69, 9.17) is 0 Å². The summed E-state index contributed by atoms with van der Waals surface area (Å²) in [5, 5.41) is 9.58. The van der Waals surface area contributed by atoms with Crippen molar-refractivity contribution in [3.63, 3.8) is 0 Å². The Kier molecular flexibility index (Phi) is 6.14. The molecule has 10 heteroatoms. The van der Waals surface area contributed by atoms with Crippen LogP contribution >= 0.6 is 0 Å². The number of hydrogen-bond acceptors (Lipinski definition) is 4. The van der Waals surface area contributed by atoms with Crippen molar-refractivity contribution in [2.75, 3.05) is 7.05 Å². The van der Waals surface area contributed by atoms with E-state index in [1.807, 2.05) is 0 Å². The summed E-state index contributed by atoms with van der Waals surface area (Å²) in [6.07, 6.45) is 0. The zero-order chi connectivity index (χ0) is 24.5. The third-order valence-corrected chi connectivity index (χ3v) is 5.99. The molecule has 34 heavy (non-hydrogen) atoms. The molecule has 1 aromatic heterocycles. The quantitative estimate of drug-likeness (QED) is 0.581. The van der Waals surface area contributed by atoms with Crippen LogP contribution in [-0.4, -0.2) is 45.0 Å². The molecule has 3 aromatic rings. The van der Waals surface area contributed by atoms with Crippen molar-refractivity contribution in [2.24, 2.45) is 0 Å². The fourth-order valence-corrected chi connectivity index (χ4v) is 3.72. The standard InChI is InChI=1S/C24H23F2N5O3/c1-24(23(34)28-12-15-7-9-17(25)10-8-15)14-31-20(22(33)30(24)2)11-19(29-31)21(32)27-13-16-5-3-4-6-18(16)26/h3-11H,12-14H2,1-2H3,(H,27,32)(H,28,34)/t24-/m0/s1. The van der Waals surface area contributed by atoms with Gasteiger partial charge in [-0.1, -0.05) is 30.3 Å². The van der Waals surface area contributed by atoms with Crippen LogP contribution in [0.5, 0.6) is 0 Å². The molecule has 0 unspecified atom stereocenters. The molecule has 0 saturated heterocycles. The van der Waals surface area contributed by atoms with Crippen LogP contribution in [0.1, 0.15) is 39.0 Å². The average Bonchev–Trinajstić information content (AvgIpc) is 3.25. The maximum absolute atomic E-state index is 13.8. The minimum atomic E-state index is -1.27. The number of rotatable bonds is 6. The zero-order valence-corrected chi connectivity index (χ0v) is 18.6. The minimum absolute atomic E-state index is 0.0101. The zero-order valence-electron chi connectivity index (χ0n) is 18.6. The minimum Gasteiger partial charge on any atom is -0.350 e. The molecule has 176 valence electrons. The maximum Gasteiger partial charge on any atom is 0.272 e. The summed E-state index contributed by atoms with van der Waals surface area (Å²) in [7, 11) is 1.51. The summed E-state index contributed by atoms with van der Waals surface area (Å²) in [4.78, 5) is 39.9. The number of halogens is 2. The van der Waals surface area contributed by atoms with Crippen molar-refractivity contribution in [3.05, 3.63) is 88.7 Å². The van der Waals surface area contributed by atoms with Gasteiger partial charge >= 0.3 is 0 Å². The van der Waals surface area contributed by atoms with E-state index >= 15 is 0 Å². The molecule has 3 amide bonds. The number of hydrogen-bond donors (Lipinski definition) is 2. The largest absolute Gasteiger partial charge is 0.350 e. The Morgan fingerprint density at radius 1 is 1.06 bits per heavy atom. The smallest absolute Gasteiger partial charge is 0.272 e. The molecule has 2 heterocycles. The van der Waals surface area contributed by atoms with Crippen LogP contribution in [0, 0.1) is 11.6 Å². The Balaban J connectivity index is 1.47. The Labute approximate surface area is 194 Å². The van der Waals surface area contributed by atoms with Gasteiger partial charge in [0, 0.05) is 31.8 Å². The van der Waals surface area contributed by atoms with Crippen LogP contribution in [0.3, 0.4) is 0 Å². The van der Waals surface area contributed by atoms with E-state index in [-0.39, 0.29) is 36.8 Å². The van der Waals surface area contributed by atoms with Gasteiger partial charge in [-0.2, -0.15) is 5.10 Å². The molecule has 0 aliphatic carbocycles. The second-order valence-corrected chi connectivity index (χ2v) is 8.29. The first-order valence-electron chi connectivity index (χ1n) is 10.6. The van der Waals surface area contributed by atoms with Crippen molar-refractivity contribution < 1.29 is 23.2 Å². The van der Waals surface area contributed by atoms with Crippen molar-refractivity contribution in [2.45, 2.75) is 32.1 Å².